The fraction of sp³-hybridized carbons (Fsp3) is 0.731. The maximum absolute atomic E-state index is 12.3. The third kappa shape index (κ3) is 24.0. The van der Waals surface area contributed by atoms with Gasteiger partial charge < -0.3 is 19.8 Å². The van der Waals surface area contributed by atoms with Crippen molar-refractivity contribution >= 4 is 47.4 Å². The van der Waals surface area contributed by atoms with E-state index in [2.05, 4.69) is 19.1 Å². The summed E-state index contributed by atoms with van der Waals surface area (Å²) in [5.74, 6) is -2.08. The molecule has 0 rings (SSSR count). The van der Waals surface area contributed by atoms with Crippen molar-refractivity contribution in [1.82, 2.24) is 4.90 Å². The van der Waals surface area contributed by atoms with E-state index in [1.165, 1.54) is 56.3 Å². The van der Waals surface area contributed by atoms with Crippen molar-refractivity contribution in [3.63, 3.8) is 0 Å². The number of ether oxygens (including phenoxy) is 1. The molecule has 0 aliphatic carbocycles. The van der Waals surface area contributed by atoms with Crippen molar-refractivity contribution in [2.45, 2.75) is 96.8 Å². The normalized spacial score (nSPS) is 11.0. The molecule has 1 amide bonds. The SMILES string of the molecule is CCCCCCCC/C=C\CCCCCCCC(=O)N(CCO)CCOC(=O)/C=C\C(=O)O.[Na]. The second-order valence-corrected chi connectivity index (χ2v) is 8.28. The zero-order valence-electron chi connectivity index (χ0n) is 21.5. The first-order valence-corrected chi connectivity index (χ1v) is 12.6. The number of aliphatic hydroxyl groups is 1. The third-order valence-corrected chi connectivity index (χ3v) is 5.34. The fourth-order valence-electron chi connectivity index (χ4n) is 3.43. The quantitative estimate of drug-likeness (QED) is 0.0753. The van der Waals surface area contributed by atoms with E-state index in [0.717, 1.165) is 38.2 Å². The van der Waals surface area contributed by atoms with E-state index in [9.17, 15) is 14.4 Å². The Morgan fingerprint density at radius 1 is 0.794 bits per heavy atom. The number of allylic oxidation sites excluding steroid dienone is 2. The van der Waals surface area contributed by atoms with Crippen LogP contribution in [0.25, 0.3) is 0 Å². The number of carboxylic acids is 1. The average molecular weight is 491 g/mol. The molecule has 0 saturated heterocycles. The molecular weight excluding hydrogens is 445 g/mol. The molecule has 0 heterocycles. The van der Waals surface area contributed by atoms with E-state index >= 15 is 0 Å². The monoisotopic (exact) mass is 490 g/mol. The summed E-state index contributed by atoms with van der Waals surface area (Å²) < 4.78 is 4.88. The summed E-state index contributed by atoms with van der Waals surface area (Å²) in [6, 6.07) is 0. The molecule has 34 heavy (non-hydrogen) atoms. The average Bonchev–Trinajstić information content (AvgIpc) is 2.79. The summed E-state index contributed by atoms with van der Waals surface area (Å²) in [7, 11) is 0. The first-order chi connectivity index (χ1) is 16.0. The molecule has 0 unspecified atom stereocenters. The molecule has 0 aromatic rings. The minimum absolute atomic E-state index is 0. The van der Waals surface area contributed by atoms with Crippen LogP contribution in [0.15, 0.2) is 24.3 Å². The van der Waals surface area contributed by atoms with Crippen LogP contribution in [0.5, 0.6) is 0 Å². The molecule has 0 atom stereocenters. The van der Waals surface area contributed by atoms with Crippen molar-refractivity contribution < 1.29 is 29.3 Å². The smallest absolute Gasteiger partial charge is 0.331 e. The van der Waals surface area contributed by atoms with Gasteiger partial charge in [0, 0.05) is 54.7 Å². The topological polar surface area (TPSA) is 104 Å². The van der Waals surface area contributed by atoms with Crippen LogP contribution < -0.4 is 0 Å². The van der Waals surface area contributed by atoms with Crippen molar-refractivity contribution in [3.05, 3.63) is 24.3 Å². The largest absolute Gasteiger partial charge is 0.478 e. The summed E-state index contributed by atoms with van der Waals surface area (Å²) in [6.45, 7) is 2.41. The van der Waals surface area contributed by atoms with E-state index in [4.69, 9.17) is 14.9 Å². The Bertz CT molecular complexity index is 580. The molecule has 2 N–H and O–H groups in total. The van der Waals surface area contributed by atoms with Gasteiger partial charge in [0.15, 0.2) is 0 Å². The van der Waals surface area contributed by atoms with E-state index in [0.29, 0.717) is 12.5 Å². The second kappa shape index (κ2) is 26.5. The number of hydrogen-bond acceptors (Lipinski definition) is 5. The van der Waals surface area contributed by atoms with Crippen LogP contribution in [0.3, 0.4) is 0 Å². The number of carbonyl (C=O) groups is 3. The number of hydrogen-bond donors (Lipinski definition) is 2. The number of esters is 1. The summed E-state index contributed by atoms with van der Waals surface area (Å²) in [5, 5.41) is 17.6. The Kier molecular flexibility index (Phi) is 27.2. The Hall–Kier alpha value is -1.15. The molecule has 1 radical (unpaired) electrons. The number of nitrogens with zero attached hydrogens (tertiary/aromatic N) is 1. The number of amides is 1. The summed E-state index contributed by atoms with van der Waals surface area (Å²) in [6.07, 6.45) is 22.1. The Morgan fingerprint density at radius 3 is 1.91 bits per heavy atom. The first-order valence-electron chi connectivity index (χ1n) is 12.6. The molecule has 0 saturated carbocycles. The van der Waals surface area contributed by atoms with Crippen LogP contribution in [0.4, 0.5) is 0 Å². The van der Waals surface area contributed by atoms with Crippen LogP contribution in [-0.4, -0.2) is 88.8 Å². The maximum Gasteiger partial charge on any atom is 0.331 e. The van der Waals surface area contributed by atoms with Crippen LogP contribution in [0.1, 0.15) is 96.8 Å². The first kappa shape index (κ1) is 35.0. The molecule has 0 aliphatic heterocycles. The number of unbranched alkanes of at least 4 members (excludes halogenated alkanes) is 11. The van der Waals surface area contributed by atoms with Crippen LogP contribution in [0.2, 0.25) is 0 Å². The molecule has 8 heteroatoms. The molecule has 7 nitrogen and oxygen atoms in total. The van der Waals surface area contributed by atoms with E-state index in [1.54, 1.807) is 0 Å². The zero-order valence-corrected chi connectivity index (χ0v) is 23.5. The minimum Gasteiger partial charge on any atom is -0.478 e. The molecule has 0 fully saturated rings. The summed E-state index contributed by atoms with van der Waals surface area (Å²) >= 11 is 0. The van der Waals surface area contributed by atoms with E-state index < -0.39 is 11.9 Å². The third-order valence-electron chi connectivity index (χ3n) is 5.34. The van der Waals surface area contributed by atoms with Crippen LogP contribution >= 0.6 is 0 Å². The molecule has 0 spiro atoms. The minimum atomic E-state index is -1.23. The van der Waals surface area contributed by atoms with Crippen molar-refractivity contribution in [1.29, 1.82) is 0 Å². The Balaban J connectivity index is 0. The van der Waals surface area contributed by atoms with E-state index in [-0.39, 0.29) is 61.8 Å². The fourth-order valence-corrected chi connectivity index (χ4v) is 3.43. The predicted molar refractivity (Wildman–Crippen MR) is 137 cm³/mol. The van der Waals surface area contributed by atoms with Gasteiger partial charge >= 0.3 is 11.9 Å². The number of carboxylic acid groups (broad SMARTS) is 1. The molecule has 0 aromatic carbocycles. The predicted octanol–water partition coefficient (Wildman–Crippen LogP) is 4.65. The van der Waals surface area contributed by atoms with Gasteiger partial charge in [-0.25, -0.2) is 9.59 Å². The van der Waals surface area contributed by atoms with Crippen molar-refractivity contribution in [2.24, 2.45) is 0 Å². The number of aliphatic carboxylic acids is 1. The molecule has 0 bridgehead atoms. The van der Waals surface area contributed by atoms with Gasteiger partial charge in [0.2, 0.25) is 5.91 Å². The zero-order chi connectivity index (χ0) is 24.6. The number of aliphatic hydroxyl groups excluding tert-OH is 1. The van der Waals surface area contributed by atoms with Crippen molar-refractivity contribution in [3.8, 4) is 0 Å². The molecular formula is C26H45NNaO6. The number of carbonyl (C=O) groups excluding carboxylic acids is 2. The van der Waals surface area contributed by atoms with E-state index in [1.807, 2.05) is 0 Å². The molecule has 0 aliphatic rings. The van der Waals surface area contributed by atoms with Crippen LogP contribution in [0, 0.1) is 0 Å². The van der Waals surface area contributed by atoms with Crippen LogP contribution in [-0.2, 0) is 19.1 Å². The van der Waals surface area contributed by atoms with Crippen molar-refractivity contribution in [2.75, 3.05) is 26.3 Å². The molecule has 0 aromatic heterocycles. The summed E-state index contributed by atoms with van der Waals surface area (Å²) in [5.41, 5.74) is 0. The number of rotatable bonds is 22. The second-order valence-electron chi connectivity index (χ2n) is 8.28. The Morgan fingerprint density at radius 2 is 1.35 bits per heavy atom. The van der Waals surface area contributed by atoms with Gasteiger partial charge in [-0.15, -0.1) is 0 Å². The standard InChI is InChI=1S/C26H45NO6.Na/c1-2-3-4-5-6-7-8-9-10-11-12-13-14-15-16-17-24(29)27(20-22-28)21-23-33-26(32)19-18-25(30)31;/h9-10,18-19,28H,2-8,11-17,20-23H2,1H3,(H,30,31);/b10-9-,19-18-;. The van der Waals surface area contributed by atoms with Gasteiger partial charge in [0.25, 0.3) is 0 Å². The molecule has 191 valence electrons. The van der Waals surface area contributed by atoms with Gasteiger partial charge in [-0.1, -0.05) is 70.4 Å². The Labute approximate surface area is 228 Å². The van der Waals surface area contributed by atoms with Gasteiger partial charge in [-0.2, -0.15) is 0 Å². The van der Waals surface area contributed by atoms with Gasteiger partial charge in [-0.3, -0.25) is 4.79 Å². The maximum atomic E-state index is 12.3. The van der Waals surface area contributed by atoms with Gasteiger partial charge in [0.1, 0.15) is 6.61 Å². The van der Waals surface area contributed by atoms with Gasteiger partial charge in [-0.05, 0) is 32.1 Å². The van der Waals surface area contributed by atoms with Gasteiger partial charge in [0.05, 0.1) is 13.2 Å². The summed E-state index contributed by atoms with van der Waals surface area (Å²) in [4.78, 5) is 35.5.